The minimum absolute atomic E-state index is 0.778. The van der Waals surface area contributed by atoms with Crippen molar-refractivity contribution in [3.63, 3.8) is 0 Å². The second kappa shape index (κ2) is 7.13. The van der Waals surface area contributed by atoms with E-state index in [0.29, 0.717) is 0 Å². The van der Waals surface area contributed by atoms with Crippen molar-refractivity contribution in [3.05, 3.63) is 35.0 Å². The van der Waals surface area contributed by atoms with Crippen LogP contribution >= 0.6 is 0 Å². The van der Waals surface area contributed by atoms with Gasteiger partial charge in [0.1, 0.15) is 0 Å². The molecule has 0 amide bonds. The van der Waals surface area contributed by atoms with Crippen LogP contribution in [0.15, 0.2) is 18.2 Å². The van der Waals surface area contributed by atoms with Gasteiger partial charge >= 0.3 is 0 Å². The fraction of sp³-hybridized carbons (Fsp3) is 0.579. The number of aromatic nitrogens is 1. The highest BCUT2D eigenvalue weighted by Gasteiger charge is 2.14. The number of rotatable bonds is 7. The third-order valence-electron chi connectivity index (χ3n) is 4.88. The van der Waals surface area contributed by atoms with Gasteiger partial charge in [-0.25, -0.2) is 0 Å². The van der Waals surface area contributed by atoms with Crippen LogP contribution in [0.3, 0.4) is 0 Å². The van der Waals surface area contributed by atoms with Gasteiger partial charge in [-0.05, 0) is 49.6 Å². The van der Waals surface area contributed by atoms with Crippen LogP contribution in [-0.4, -0.2) is 11.1 Å². The molecule has 2 rings (SSSR count). The maximum atomic E-state index is 3.41. The van der Waals surface area contributed by atoms with Gasteiger partial charge in [0.05, 0.1) is 0 Å². The molecule has 1 heterocycles. The summed E-state index contributed by atoms with van der Waals surface area (Å²) in [5.74, 6) is 0.778. The normalized spacial score (nSPS) is 11.7. The molecule has 0 spiro atoms. The van der Waals surface area contributed by atoms with Crippen LogP contribution in [0.2, 0.25) is 0 Å². The van der Waals surface area contributed by atoms with Crippen molar-refractivity contribution >= 4 is 10.9 Å². The first-order chi connectivity index (χ1) is 10.1. The molecule has 0 saturated carbocycles. The van der Waals surface area contributed by atoms with E-state index in [1.54, 1.807) is 0 Å². The molecule has 2 aromatic rings. The van der Waals surface area contributed by atoms with Crippen LogP contribution < -0.4 is 5.32 Å². The van der Waals surface area contributed by atoms with Gasteiger partial charge in [-0.1, -0.05) is 39.7 Å². The van der Waals surface area contributed by atoms with E-state index in [0.717, 1.165) is 25.6 Å². The molecule has 0 atom stereocenters. The average Bonchev–Trinajstić information content (AvgIpc) is 2.74. The number of aryl methyl sites for hydroxylation is 1. The van der Waals surface area contributed by atoms with Crippen LogP contribution in [0.25, 0.3) is 10.9 Å². The van der Waals surface area contributed by atoms with E-state index >= 15 is 0 Å². The molecule has 0 unspecified atom stereocenters. The summed E-state index contributed by atoms with van der Waals surface area (Å²) in [6, 6.07) is 6.95. The molecule has 0 aliphatic carbocycles. The second-order valence-electron chi connectivity index (χ2n) is 6.14. The van der Waals surface area contributed by atoms with Gasteiger partial charge in [0.25, 0.3) is 0 Å². The highest BCUT2D eigenvalue weighted by Crippen LogP contribution is 2.28. The molecule has 1 aromatic heterocycles. The van der Waals surface area contributed by atoms with E-state index in [1.807, 2.05) is 0 Å². The Hall–Kier alpha value is -1.28. The maximum Gasteiger partial charge on any atom is 0.0485 e. The topological polar surface area (TPSA) is 17.0 Å². The quantitative estimate of drug-likeness (QED) is 0.773. The lowest BCUT2D eigenvalue weighted by molar-refractivity contribution is 0.421. The van der Waals surface area contributed by atoms with Crippen molar-refractivity contribution in [2.45, 2.75) is 60.5 Å². The molecule has 0 radical (unpaired) electrons. The van der Waals surface area contributed by atoms with Gasteiger partial charge in [-0.15, -0.1) is 0 Å². The summed E-state index contributed by atoms with van der Waals surface area (Å²) in [6.45, 7) is 14.4. The molecule has 0 bridgehead atoms. The second-order valence-corrected chi connectivity index (χ2v) is 6.14. The summed E-state index contributed by atoms with van der Waals surface area (Å²) in [7, 11) is 0. The molecule has 2 heteroatoms. The van der Waals surface area contributed by atoms with Crippen molar-refractivity contribution < 1.29 is 0 Å². The smallest absolute Gasteiger partial charge is 0.0485 e. The summed E-state index contributed by atoms with van der Waals surface area (Å²) in [6.07, 6.45) is 2.51. The summed E-state index contributed by atoms with van der Waals surface area (Å²) in [5, 5.41) is 4.84. The fourth-order valence-corrected chi connectivity index (χ4v) is 3.12. The lowest BCUT2D eigenvalue weighted by Crippen LogP contribution is -2.12. The Labute approximate surface area is 129 Å². The average molecular weight is 286 g/mol. The Balaban J connectivity index is 2.40. The third kappa shape index (κ3) is 3.32. The van der Waals surface area contributed by atoms with E-state index in [4.69, 9.17) is 0 Å². The molecule has 0 aliphatic rings. The molecule has 1 N–H and O–H groups in total. The number of hydrogen-bond donors (Lipinski definition) is 1. The SMILES string of the molecule is CCNCc1ccc2c(c1)c(C)c(C)n2CC(CC)CC. The van der Waals surface area contributed by atoms with Crippen LogP contribution in [0.1, 0.15) is 50.4 Å². The van der Waals surface area contributed by atoms with Gasteiger partial charge in [0.15, 0.2) is 0 Å². The molecule has 1 aromatic carbocycles. The third-order valence-corrected chi connectivity index (χ3v) is 4.88. The summed E-state index contributed by atoms with van der Waals surface area (Å²) in [4.78, 5) is 0. The Morgan fingerprint density at radius 2 is 1.81 bits per heavy atom. The predicted octanol–water partition coefficient (Wildman–Crippen LogP) is 4.80. The summed E-state index contributed by atoms with van der Waals surface area (Å²) < 4.78 is 2.53. The molecule has 0 aliphatic heterocycles. The molecular weight excluding hydrogens is 256 g/mol. The first kappa shape index (κ1) is 16.1. The van der Waals surface area contributed by atoms with E-state index in [9.17, 15) is 0 Å². The highest BCUT2D eigenvalue weighted by atomic mass is 15.0. The zero-order valence-electron chi connectivity index (χ0n) is 14.3. The number of benzene rings is 1. The van der Waals surface area contributed by atoms with Crippen LogP contribution in [0, 0.1) is 19.8 Å². The number of hydrogen-bond acceptors (Lipinski definition) is 1. The summed E-state index contributed by atoms with van der Waals surface area (Å²) >= 11 is 0. The molecule has 0 fully saturated rings. The summed E-state index contributed by atoms with van der Waals surface area (Å²) in [5.41, 5.74) is 5.65. The Morgan fingerprint density at radius 1 is 1.10 bits per heavy atom. The van der Waals surface area contributed by atoms with E-state index in [1.165, 1.54) is 40.6 Å². The monoisotopic (exact) mass is 286 g/mol. The lowest BCUT2D eigenvalue weighted by atomic mass is 10.0. The Morgan fingerprint density at radius 3 is 2.43 bits per heavy atom. The minimum Gasteiger partial charge on any atom is -0.344 e. The van der Waals surface area contributed by atoms with E-state index < -0.39 is 0 Å². The van der Waals surface area contributed by atoms with E-state index in [2.05, 4.69) is 62.7 Å². The van der Waals surface area contributed by atoms with Crippen molar-refractivity contribution in [3.8, 4) is 0 Å². The molecular formula is C19H30N2. The molecule has 116 valence electrons. The fourth-order valence-electron chi connectivity index (χ4n) is 3.12. The van der Waals surface area contributed by atoms with Crippen LogP contribution in [0.4, 0.5) is 0 Å². The molecule has 0 saturated heterocycles. The number of nitrogens with one attached hydrogen (secondary N) is 1. The number of fused-ring (bicyclic) bond motifs is 1. The minimum atomic E-state index is 0.778. The zero-order chi connectivity index (χ0) is 15.4. The van der Waals surface area contributed by atoms with Gasteiger partial charge in [0, 0.05) is 29.7 Å². The van der Waals surface area contributed by atoms with Gasteiger partial charge in [-0.3, -0.25) is 0 Å². The lowest BCUT2D eigenvalue weighted by Gasteiger charge is -2.16. The standard InChI is InChI=1S/C19H30N2/c1-6-16(7-2)13-21-15(5)14(4)18-11-17(12-20-8-3)9-10-19(18)21/h9-11,16,20H,6-8,12-13H2,1-5H3. The highest BCUT2D eigenvalue weighted by molar-refractivity contribution is 5.86. The van der Waals surface area contributed by atoms with Crippen molar-refractivity contribution in [1.29, 1.82) is 0 Å². The van der Waals surface area contributed by atoms with Crippen molar-refractivity contribution in [2.24, 2.45) is 5.92 Å². The van der Waals surface area contributed by atoms with E-state index in [-0.39, 0.29) is 0 Å². The van der Waals surface area contributed by atoms with Gasteiger partial charge in [-0.2, -0.15) is 0 Å². The molecule has 2 nitrogen and oxygen atoms in total. The zero-order valence-corrected chi connectivity index (χ0v) is 14.3. The van der Waals surface area contributed by atoms with Crippen molar-refractivity contribution in [2.75, 3.05) is 6.54 Å². The van der Waals surface area contributed by atoms with Crippen molar-refractivity contribution in [1.82, 2.24) is 9.88 Å². The largest absolute Gasteiger partial charge is 0.344 e. The number of nitrogens with zero attached hydrogens (tertiary/aromatic N) is 1. The molecule has 21 heavy (non-hydrogen) atoms. The predicted molar refractivity (Wildman–Crippen MR) is 92.9 cm³/mol. The Kier molecular flexibility index (Phi) is 5.46. The van der Waals surface area contributed by atoms with Crippen LogP contribution in [0.5, 0.6) is 0 Å². The maximum absolute atomic E-state index is 3.41. The van der Waals surface area contributed by atoms with Gasteiger partial charge < -0.3 is 9.88 Å². The van der Waals surface area contributed by atoms with Crippen LogP contribution in [-0.2, 0) is 13.1 Å². The first-order valence-electron chi connectivity index (χ1n) is 8.41. The first-order valence-corrected chi connectivity index (χ1v) is 8.41. The van der Waals surface area contributed by atoms with Gasteiger partial charge in [0.2, 0.25) is 0 Å². The Bertz CT molecular complexity index is 591.